The van der Waals surface area contributed by atoms with Crippen LogP contribution < -0.4 is 5.32 Å². The van der Waals surface area contributed by atoms with Crippen molar-refractivity contribution in [2.24, 2.45) is 0 Å². The molecule has 0 amide bonds. The topological polar surface area (TPSA) is 29.1 Å². The monoisotopic (exact) mass is 325 g/mol. The average molecular weight is 326 g/mol. The molecule has 0 aliphatic carbocycles. The van der Waals surface area contributed by atoms with Crippen LogP contribution in [0.4, 0.5) is 14.5 Å². The highest BCUT2D eigenvalue weighted by molar-refractivity contribution is 9.10. The van der Waals surface area contributed by atoms with Crippen LogP contribution in [0.5, 0.6) is 0 Å². The van der Waals surface area contributed by atoms with Gasteiger partial charge in [-0.05, 0) is 30.3 Å². The Hall–Kier alpha value is -1.75. The van der Waals surface area contributed by atoms with Crippen molar-refractivity contribution in [2.75, 3.05) is 11.9 Å². The Balaban J connectivity index is 2.10. The van der Waals surface area contributed by atoms with Gasteiger partial charge < -0.3 is 5.32 Å². The Bertz CT molecular complexity index is 596. The molecule has 0 saturated heterocycles. The third-order valence-electron chi connectivity index (χ3n) is 2.52. The van der Waals surface area contributed by atoms with Gasteiger partial charge in [0.2, 0.25) is 0 Å². The van der Waals surface area contributed by atoms with Crippen LogP contribution in [0.25, 0.3) is 0 Å². The number of nitrogens with one attached hydrogen (secondary N) is 1. The fraction of sp³-hybridized carbons (Fsp3) is 0.0714. The Morgan fingerprint density at radius 1 is 1.11 bits per heavy atom. The van der Waals surface area contributed by atoms with Crippen molar-refractivity contribution in [1.82, 2.24) is 0 Å². The van der Waals surface area contributed by atoms with Crippen molar-refractivity contribution in [1.29, 1.82) is 0 Å². The number of hydrogen-bond donors (Lipinski definition) is 1. The molecule has 0 aliphatic rings. The summed E-state index contributed by atoms with van der Waals surface area (Å²) >= 11 is 3.29. The standard InChI is InChI=1S/C14H10BrF2NO/c15-9-3-1-4-10(7-9)18-8-13(19)14-11(16)5-2-6-12(14)17/h1-7,18H,8H2. The van der Waals surface area contributed by atoms with Crippen molar-refractivity contribution < 1.29 is 13.6 Å². The van der Waals surface area contributed by atoms with Gasteiger partial charge in [0.15, 0.2) is 5.78 Å². The summed E-state index contributed by atoms with van der Waals surface area (Å²) in [6.07, 6.45) is 0. The molecule has 0 aromatic heterocycles. The number of ketones is 1. The van der Waals surface area contributed by atoms with Gasteiger partial charge in [0.1, 0.15) is 11.6 Å². The van der Waals surface area contributed by atoms with Gasteiger partial charge in [-0.1, -0.05) is 28.1 Å². The maximum atomic E-state index is 13.4. The van der Waals surface area contributed by atoms with E-state index >= 15 is 0 Å². The highest BCUT2D eigenvalue weighted by Gasteiger charge is 2.16. The van der Waals surface area contributed by atoms with Gasteiger partial charge in [0, 0.05) is 10.2 Å². The van der Waals surface area contributed by atoms with Gasteiger partial charge >= 0.3 is 0 Å². The van der Waals surface area contributed by atoms with Crippen LogP contribution in [0.1, 0.15) is 10.4 Å². The van der Waals surface area contributed by atoms with E-state index in [9.17, 15) is 13.6 Å². The molecule has 0 unspecified atom stereocenters. The fourth-order valence-electron chi connectivity index (χ4n) is 1.63. The van der Waals surface area contributed by atoms with E-state index in [2.05, 4.69) is 21.2 Å². The Kier molecular flexibility index (Phi) is 4.27. The molecule has 98 valence electrons. The lowest BCUT2D eigenvalue weighted by Gasteiger charge is -2.07. The summed E-state index contributed by atoms with van der Waals surface area (Å²) in [6.45, 7) is -0.172. The molecule has 1 N–H and O–H groups in total. The van der Waals surface area contributed by atoms with Crippen LogP contribution in [0.2, 0.25) is 0 Å². The van der Waals surface area contributed by atoms with Crippen molar-refractivity contribution in [3.63, 3.8) is 0 Å². The molecule has 0 radical (unpaired) electrons. The molecular formula is C14H10BrF2NO. The molecule has 0 fully saturated rings. The summed E-state index contributed by atoms with van der Waals surface area (Å²) in [5, 5.41) is 2.83. The van der Waals surface area contributed by atoms with E-state index in [1.165, 1.54) is 6.07 Å². The molecular weight excluding hydrogens is 316 g/mol. The second-order valence-electron chi connectivity index (χ2n) is 3.88. The smallest absolute Gasteiger partial charge is 0.187 e. The Labute approximate surface area is 117 Å². The van der Waals surface area contributed by atoms with E-state index in [1.807, 2.05) is 6.07 Å². The van der Waals surface area contributed by atoms with E-state index in [4.69, 9.17) is 0 Å². The lowest BCUT2D eigenvalue weighted by atomic mass is 10.1. The van der Waals surface area contributed by atoms with E-state index in [0.29, 0.717) is 5.69 Å². The van der Waals surface area contributed by atoms with Gasteiger partial charge in [-0.15, -0.1) is 0 Å². The maximum Gasteiger partial charge on any atom is 0.187 e. The SMILES string of the molecule is O=C(CNc1cccc(Br)c1)c1c(F)cccc1F. The average Bonchev–Trinajstić information content (AvgIpc) is 2.36. The number of anilines is 1. The molecule has 5 heteroatoms. The van der Waals surface area contributed by atoms with Crippen LogP contribution in [0.3, 0.4) is 0 Å². The Morgan fingerprint density at radius 3 is 2.37 bits per heavy atom. The third kappa shape index (κ3) is 3.38. The number of halogens is 3. The van der Waals surface area contributed by atoms with E-state index < -0.39 is 23.0 Å². The van der Waals surface area contributed by atoms with Gasteiger partial charge in [0.05, 0.1) is 12.1 Å². The van der Waals surface area contributed by atoms with Crippen molar-refractivity contribution in [3.8, 4) is 0 Å². The first-order chi connectivity index (χ1) is 9.08. The normalized spacial score (nSPS) is 10.3. The highest BCUT2D eigenvalue weighted by Crippen LogP contribution is 2.17. The third-order valence-corrected chi connectivity index (χ3v) is 3.01. The van der Waals surface area contributed by atoms with Crippen molar-refractivity contribution in [2.45, 2.75) is 0 Å². The lowest BCUT2D eigenvalue weighted by Crippen LogP contribution is -2.17. The number of carbonyl (C=O) groups is 1. The first kappa shape index (κ1) is 13.7. The molecule has 0 aliphatic heterocycles. The molecule has 0 atom stereocenters. The number of benzene rings is 2. The maximum absolute atomic E-state index is 13.4. The summed E-state index contributed by atoms with van der Waals surface area (Å²) in [5.74, 6) is -2.32. The van der Waals surface area contributed by atoms with E-state index in [-0.39, 0.29) is 6.54 Å². The summed E-state index contributed by atoms with van der Waals surface area (Å²) in [7, 11) is 0. The fourth-order valence-corrected chi connectivity index (χ4v) is 2.03. The van der Waals surface area contributed by atoms with E-state index in [1.54, 1.807) is 18.2 Å². The predicted octanol–water partition coefficient (Wildman–Crippen LogP) is 4.02. The van der Waals surface area contributed by atoms with Gasteiger partial charge in [-0.3, -0.25) is 4.79 Å². The minimum atomic E-state index is -0.846. The second-order valence-corrected chi connectivity index (χ2v) is 4.80. The first-order valence-corrected chi connectivity index (χ1v) is 6.34. The lowest BCUT2D eigenvalue weighted by molar-refractivity contribution is 0.0998. The molecule has 19 heavy (non-hydrogen) atoms. The number of carbonyl (C=O) groups excluding carboxylic acids is 1. The van der Waals surface area contributed by atoms with Crippen LogP contribution in [-0.4, -0.2) is 12.3 Å². The molecule has 0 heterocycles. The van der Waals surface area contributed by atoms with Crippen LogP contribution in [0, 0.1) is 11.6 Å². The minimum absolute atomic E-state index is 0.172. The molecule has 2 nitrogen and oxygen atoms in total. The van der Waals surface area contributed by atoms with Gasteiger partial charge in [0.25, 0.3) is 0 Å². The number of Topliss-reactive ketones (excluding diaryl/α,β-unsaturated/α-hetero) is 1. The summed E-state index contributed by atoms with van der Waals surface area (Å²) in [6, 6.07) is 10.5. The zero-order valence-corrected chi connectivity index (χ0v) is 11.4. The van der Waals surface area contributed by atoms with Gasteiger partial charge in [-0.2, -0.15) is 0 Å². The molecule has 0 bridgehead atoms. The highest BCUT2D eigenvalue weighted by atomic mass is 79.9. The largest absolute Gasteiger partial charge is 0.378 e. The minimum Gasteiger partial charge on any atom is -0.378 e. The Morgan fingerprint density at radius 2 is 1.74 bits per heavy atom. The predicted molar refractivity (Wildman–Crippen MR) is 73.3 cm³/mol. The summed E-state index contributed by atoms with van der Waals surface area (Å²) < 4.78 is 27.6. The van der Waals surface area contributed by atoms with Crippen LogP contribution >= 0.6 is 15.9 Å². The zero-order valence-electron chi connectivity index (χ0n) is 9.79. The molecule has 2 aromatic rings. The first-order valence-electron chi connectivity index (χ1n) is 5.54. The van der Waals surface area contributed by atoms with Crippen LogP contribution in [-0.2, 0) is 0 Å². The number of rotatable bonds is 4. The van der Waals surface area contributed by atoms with Crippen molar-refractivity contribution in [3.05, 3.63) is 64.1 Å². The molecule has 0 saturated carbocycles. The second kappa shape index (κ2) is 5.93. The van der Waals surface area contributed by atoms with E-state index in [0.717, 1.165) is 16.6 Å². The zero-order chi connectivity index (χ0) is 13.8. The van der Waals surface area contributed by atoms with Gasteiger partial charge in [-0.25, -0.2) is 8.78 Å². The molecule has 2 rings (SSSR count). The number of hydrogen-bond acceptors (Lipinski definition) is 2. The van der Waals surface area contributed by atoms with Crippen LogP contribution in [0.15, 0.2) is 46.9 Å². The summed E-state index contributed by atoms with van der Waals surface area (Å²) in [5.41, 5.74) is 0.185. The summed E-state index contributed by atoms with van der Waals surface area (Å²) in [4.78, 5) is 11.8. The quantitative estimate of drug-likeness (QED) is 0.860. The molecule has 2 aromatic carbocycles. The van der Waals surface area contributed by atoms with Crippen molar-refractivity contribution >= 4 is 27.4 Å². The molecule has 0 spiro atoms.